The highest BCUT2D eigenvalue weighted by molar-refractivity contribution is 6.32. The topological polar surface area (TPSA) is 43.8 Å². The van der Waals surface area contributed by atoms with Crippen LogP contribution in [0.25, 0.3) is 5.69 Å². The summed E-state index contributed by atoms with van der Waals surface area (Å²) in [6.45, 7) is 3.88. The average molecular weight is 236 g/mol. The van der Waals surface area contributed by atoms with Crippen molar-refractivity contribution >= 4 is 11.6 Å². The Bertz CT molecular complexity index is 503. The lowest BCUT2D eigenvalue weighted by Crippen LogP contribution is -2.05. The van der Waals surface area contributed by atoms with Crippen molar-refractivity contribution in [3.63, 3.8) is 0 Å². The second kappa shape index (κ2) is 4.28. The van der Waals surface area contributed by atoms with Crippen molar-refractivity contribution in [1.82, 2.24) is 9.55 Å². The summed E-state index contributed by atoms with van der Waals surface area (Å²) in [5.74, 6) is 0.912. The van der Waals surface area contributed by atoms with Gasteiger partial charge in [0.05, 0.1) is 10.7 Å². The minimum absolute atomic E-state index is 0.00423. The van der Waals surface area contributed by atoms with Crippen LogP contribution >= 0.6 is 11.6 Å². The van der Waals surface area contributed by atoms with Crippen LogP contribution in [0, 0.1) is 6.92 Å². The molecule has 0 aliphatic rings. The third-order valence-electron chi connectivity index (χ3n) is 2.58. The summed E-state index contributed by atoms with van der Waals surface area (Å²) in [4.78, 5) is 4.17. The first-order valence-electron chi connectivity index (χ1n) is 5.15. The minimum Gasteiger partial charge on any atom is -0.324 e. The van der Waals surface area contributed by atoms with E-state index in [9.17, 15) is 0 Å². The predicted molar refractivity (Wildman–Crippen MR) is 65.9 cm³/mol. The van der Waals surface area contributed by atoms with Crippen molar-refractivity contribution in [3.05, 3.63) is 47.0 Å². The fourth-order valence-corrected chi connectivity index (χ4v) is 1.91. The van der Waals surface area contributed by atoms with E-state index < -0.39 is 0 Å². The van der Waals surface area contributed by atoms with Gasteiger partial charge in [0.15, 0.2) is 0 Å². The van der Waals surface area contributed by atoms with Gasteiger partial charge in [-0.1, -0.05) is 17.7 Å². The lowest BCUT2D eigenvalue weighted by molar-refractivity contribution is 0.817. The highest BCUT2D eigenvalue weighted by Crippen LogP contribution is 2.24. The van der Waals surface area contributed by atoms with Crippen LogP contribution in [0.4, 0.5) is 0 Å². The first kappa shape index (κ1) is 11.2. The van der Waals surface area contributed by atoms with E-state index in [4.69, 9.17) is 17.3 Å². The van der Waals surface area contributed by atoms with E-state index in [-0.39, 0.29) is 6.04 Å². The second-order valence-electron chi connectivity index (χ2n) is 3.84. The molecule has 1 heterocycles. The van der Waals surface area contributed by atoms with Crippen LogP contribution in [0.3, 0.4) is 0 Å². The monoisotopic (exact) mass is 235 g/mol. The normalized spacial score (nSPS) is 12.8. The Kier molecular flexibility index (Phi) is 2.99. The van der Waals surface area contributed by atoms with E-state index in [0.717, 1.165) is 17.1 Å². The highest BCUT2D eigenvalue weighted by atomic mass is 35.5. The molecule has 0 fully saturated rings. The van der Waals surface area contributed by atoms with Crippen molar-refractivity contribution in [2.24, 2.45) is 5.73 Å². The smallest absolute Gasteiger partial charge is 0.110 e. The fourth-order valence-electron chi connectivity index (χ4n) is 1.63. The van der Waals surface area contributed by atoms with Gasteiger partial charge in [0, 0.05) is 18.4 Å². The standard InChI is InChI=1S/C12H14ClN3/c1-8(14)10-3-4-12(11(13)7-10)16-6-5-15-9(16)2/h3-8H,14H2,1-2H3/t8-/m0/s1. The lowest BCUT2D eigenvalue weighted by atomic mass is 10.1. The molecule has 0 spiro atoms. The summed E-state index contributed by atoms with van der Waals surface area (Å²) in [6.07, 6.45) is 3.65. The van der Waals surface area contributed by atoms with E-state index in [0.29, 0.717) is 5.02 Å². The Labute approximate surface area is 99.9 Å². The molecule has 3 nitrogen and oxygen atoms in total. The molecule has 0 amide bonds. The summed E-state index contributed by atoms with van der Waals surface area (Å²) in [6, 6.07) is 5.86. The van der Waals surface area contributed by atoms with Gasteiger partial charge in [-0.2, -0.15) is 0 Å². The first-order chi connectivity index (χ1) is 7.59. The molecule has 0 radical (unpaired) electrons. The molecule has 0 aliphatic carbocycles. The maximum Gasteiger partial charge on any atom is 0.110 e. The zero-order valence-electron chi connectivity index (χ0n) is 9.31. The Morgan fingerprint density at radius 2 is 2.19 bits per heavy atom. The quantitative estimate of drug-likeness (QED) is 0.870. The van der Waals surface area contributed by atoms with Gasteiger partial charge in [-0.15, -0.1) is 0 Å². The number of hydrogen-bond donors (Lipinski definition) is 1. The van der Waals surface area contributed by atoms with Gasteiger partial charge in [0.2, 0.25) is 0 Å². The maximum absolute atomic E-state index is 6.23. The van der Waals surface area contributed by atoms with Crippen LogP contribution in [0.2, 0.25) is 5.02 Å². The molecule has 0 saturated heterocycles. The van der Waals surface area contributed by atoms with Crippen molar-refractivity contribution in [3.8, 4) is 5.69 Å². The van der Waals surface area contributed by atoms with Gasteiger partial charge < -0.3 is 10.3 Å². The molecule has 2 rings (SSSR count). The molecular weight excluding hydrogens is 222 g/mol. The average Bonchev–Trinajstić information content (AvgIpc) is 2.64. The summed E-state index contributed by atoms with van der Waals surface area (Å²) in [7, 11) is 0. The van der Waals surface area contributed by atoms with Crippen molar-refractivity contribution in [2.45, 2.75) is 19.9 Å². The molecule has 0 unspecified atom stereocenters. The van der Waals surface area contributed by atoms with Crippen LogP contribution in [-0.4, -0.2) is 9.55 Å². The Balaban J connectivity index is 2.48. The Hall–Kier alpha value is -1.32. The molecule has 84 valence electrons. The number of benzene rings is 1. The fraction of sp³-hybridized carbons (Fsp3) is 0.250. The van der Waals surface area contributed by atoms with Gasteiger partial charge in [-0.05, 0) is 31.5 Å². The van der Waals surface area contributed by atoms with Gasteiger partial charge >= 0.3 is 0 Å². The molecular formula is C12H14ClN3. The number of halogens is 1. The molecule has 1 aromatic carbocycles. The van der Waals surface area contributed by atoms with E-state index in [2.05, 4.69) is 4.98 Å². The largest absolute Gasteiger partial charge is 0.324 e. The van der Waals surface area contributed by atoms with E-state index >= 15 is 0 Å². The van der Waals surface area contributed by atoms with Gasteiger partial charge in [-0.25, -0.2) is 4.98 Å². The molecule has 2 N–H and O–H groups in total. The van der Waals surface area contributed by atoms with Gasteiger partial charge in [-0.3, -0.25) is 0 Å². The maximum atomic E-state index is 6.23. The van der Waals surface area contributed by atoms with Crippen LogP contribution < -0.4 is 5.73 Å². The molecule has 1 atom stereocenters. The molecule has 4 heteroatoms. The Morgan fingerprint density at radius 3 is 2.69 bits per heavy atom. The predicted octanol–water partition coefficient (Wildman–Crippen LogP) is 2.85. The summed E-state index contributed by atoms with van der Waals surface area (Å²) in [5, 5.41) is 0.691. The summed E-state index contributed by atoms with van der Waals surface area (Å²) in [5.41, 5.74) is 7.77. The van der Waals surface area contributed by atoms with Gasteiger partial charge in [0.1, 0.15) is 5.82 Å². The van der Waals surface area contributed by atoms with Crippen molar-refractivity contribution < 1.29 is 0 Å². The highest BCUT2D eigenvalue weighted by Gasteiger charge is 2.07. The molecule has 1 aromatic heterocycles. The summed E-state index contributed by atoms with van der Waals surface area (Å²) >= 11 is 6.23. The third-order valence-corrected chi connectivity index (χ3v) is 2.89. The minimum atomic E-state index is -0.00423. The van der Waals surface area contributed by atoms with Crippen LogP contribution in [0.15, 0.2) is 30.6 Å². The van der Waals surface area contributed by atoms with Crippen LogP contribution in [0.1, 0.15) is 24.4 Å². The van der Waals surface area contributed by atoms with Crippen LogP contribution in [-0.2, 0) is 0 Å². The number of nitrogens with zero attached hydrogens (tertiary/aromatic N) is 2. The number of aromatic nitrogens is 2. The number of nitrogens with two attached hydrogens (primary N) is 1. The molecule has 0 saturated carbocycles. The Morgan fingerprint density at radius 1 is 1.44 bits per heavy atom. The zero-order valence-corrected chi connectivity index (χ0v) is 10.1. The molecule has 16 heavy (non-hydrogen) atoms. The van der Waals surface area contributed by atoms with E-state index in [1.807, 2.05) is 42.8 Å². The van der Waals surface area contributed by atoms with Crippen molar-refractivity contribution in [1.29, 1.82) is 0 Å². The summed E-state index contributed by atoms with van der Waals surface area (Å²) < 4.78 is 1.95. The number of aryl methyl sites for hydroxylation is 1. The molecule has 2 aromatic rings. The number of rotatable bonds is 2. The third kappa shape index (κ3) is 1.96. The SMILES string of the molecule is Cc1nccn1-c1ccc([C@H](C)N)cc1Cl. The number of hydrogen-bond acceptors (Lipinski definition) is 2. The van der Waals surface area contributed by atoms with Gasteiger partial charge in [0.25, 0.3) is 0 Å². The zero-order chi connectivity index (χ0) is 11.7. The first-order valence-corrected chi connectivity index (χ1v) is 5.52. The molecule has 0 aliphatic heterocycles. The van der Waals surface area contributed by atoms with Crippen molar-refractivity contribution in [2.75, 3.05) is 0 Å². The lowest BCUT2D eigenvalue weighted by Gasteiger charge is -2.11. The van der Waals surface area contributed by atoms with Crippen LogP contribution in [0.5, 0.6) is 0 Å². The number of imidazole rings is 1. The second-order valence-corrected chi connectivity index (χ2v) is 4.25. The van der Waals surface area contributed by atoms with E-state index in [1.54, 1.807) is 6.20 Å². The van der Waals surface area contributed by atoms with E-state index in [1.165, 1.54) is 0 Å². The molecule has 0 bridgehead atoms.